The van der Waals surface area contributed by atoms with Gasteiger partial charge in [-0.15, -0.1) is 0 Å². The van der Waals surface area contributed by atoms with Gasteiger partial charge < -0.3 is 14.7 Å². The van der Waals surface area contributed by atoms with Gasteiger partial charge in [0.25, 0.3) is 0 Å². The molecule has 1 aromatic heterocycles. The second-order valence-electron chi connectivity index (χ2n) is 7.22. The van der Waals surface area contributed by atoms with Crippen LogP contribution in [-0.2, 0) is 11.3 Å². The van der Waals surface area contributed by atoms with E-state index in [9.17, 15) is 5.11 Å². The largest absolute Gasteiger partial charge is 0.390 e. The molecule has 0 aromatic carbocycles. The fraction of sp³-hybridized carbons (Fsp3) is 0.882. The molecule has 0 aliphatic carbocycles. The highest BCUT2D eigenvalue weighted by molar-refractivity contribution is 4.88. The number of β-amino-alcohol motifs (C(OH)–C–C–N with tert-alkyl or cyclic N) is 1. The van der Waals surface area contributed by atoms with E-state index < -0.39 is 0 Å². The molecule has 7 nitrogen and oxygen atoms in total. The van der Waals surface area contributed by atoms with Gasteiger partial charge in [0.15, 0.2) is 0 Å². The summed E-state index contributed by atoms with van der Waals surface area (Å²) in [6.07, 6.45) is 2.15. The van der Waals surface area contributed by atoms with Gasteiger partial charge >= 0.3 is 0 Å². The lowest BCUT2D eigenvalue weighted by atomic mass is 9.97. The first kappa shape index (κ1) is 17.8. The lowest BCUT2D eigenvalue weighted by Gasteiger charge is -2.35. The van der Waals surface area contributed by atoms with E-state index in [1.807, 2.05) is 18.5 Å². The van der Waals surface area contributed by atoms with Crippen molar-refractivity contribution in [1.82, 2.24) is 24.6 Å². The summed E-state index contributed by atoms with van der Waals surface area (Å²) in [5.74, 6) is 2.44. The summed E-state index contributed by atoms with van der Waals surface area (Å²) in [6, 6.07) is 0. The fourth-order valence-corrected chi connectivity index (χ4v) is 3.88. The number of aromatic nitrogens is 3. The molecular formula is C17H31N5O2. The van der Waals surface area contributed by atoms with E-state index in [4.69, 9.17) is 4.74 Å². The van der Waals surface area contributed by atoms with Crippen LogP contribution in [-0.4, -0.2) is 88.3 Å². The summed E-state index contributed by atoms with van der Waals surface area (Å²) in [6.45, 7) is 12.0. The van der Waals surface area contributed by atoms with Crippen LogP contribution in [0.2, 0.25) is 0 Å². The number of aliphatic hydroxyl groups excluding tert-OH is 1. The first-order chi connectivity index (χ1) is 11.6. The molecule has 1 N–H and O–H groups in total. The highest BCUT2D eigenvalue weighted by Crippen LogP contribution is 2.19. The van der Waals surface area contributed by atoms with Crippen LogP contribution >= 0.6 is 0 Å². The molecule has 2 aliphatic heterocycles. The van der Waals surface area contributed by atoms with Gasteiger partial charge in [-0.3, -0.25) is 4.90 Å². The van der Waals surface area contributed by atoms with E-state index in [2.05, 4.69) is 19.9 Å². The first-order valence-electron chi connectivity index (χ1n) is 9.18. The minimum atomic E-state index is -0.280. The number of hydrogen-bond donors (Lipinski definition) is 1. The molecule has 2 atom stereocenters. The quantitative estimate of drug-likeness (QED) is 0.805. The van der Waals surface area contributed by atoms with Crippen molar-refractivity contribution in [3.63, 3.8) is 0 Å². The van der Waals surface area contributed by atoms with Crippen LogP contribution < -0.4 is 0 Å². The molecule has 0 amide bonds. The molecule has 2 fully saturated rings. The number of rotatable bonds is 6. The maximum Gasteiger partial charge on any atom is 0.147 e. The van der Waals surface area contributed by atoms with E-state index in [0.29, 0.717) is 5.92 Å². The van der Waals surface area contributed by atoms with E-state index >= 15 is 0 Å². The van der Waals surface area contributed by atoms with Crippen molar-refractivity contribution >= 4 is 0 Å². The molecule has 0 unspecified atom stereocenters. The van der Waals surface area contributed by atoms with Gasteiger partial charge in [-0.05, 0) is 39.2 Å². The molecule has 3 rings (SSSR count). The van der Waals surface area contributed by atoms with Crippen molar-refractivity contribution in [2.75, 3.05) is 52.5 Å². The number of likely N-dealkylation sites (tertiary alicyclic amines) is 1. The molecule has 24 heavy (non-hydrogen) atoms. The predicted molar refractivity (Wildman–Crippen MR) is 91.9 cm³/mol. The Morgan fingerprint density at radius 2 is 1.92 bits per heavy atom. The molecule has 136 valence electrons. The van der Waals surface area contributed by atoms with Crippen molar-refractivity contribution in [2.24, 2.45) is 5.92 Å². The normalized spacial score (nSPS) is 25.0. The average molecular weight is 337 g/mol. The van der Waals surface area contributed by atoms with Crippen molar-refractivity contribution < 1.29 is 9.84 Å². The van der Waals surface area contributed by atoms with E-state index in [1.165, 1.54) is 12.8 Å². The zero-order valence-electron chi connectivity index (χ0n) is 15.0. The number of hydrogen-bond acceptors (Lipinski definition) is 6. The molecular weight excluding hydrogens is 306 g/mol. The summed E-state index contributed by atoms with van der Waals surface area (Å²) in [5, 5.41) is 14.9. The summed E-state index contributed by atoms with van der Waals surface area (Å²) in [4.78, 5) is 9.11. The number of aryl methyl sites for hydroxylation is 2. The minimum Gasteiger partial charge on any atom is -0.390 e. The zero-order chi connectivity index (χ0) is 16.9. The maximum atomic E-state index is 10.4. The Hall–Kier alpha value is -1.02. The molecule has 1 aromatic rings. The first-order valence-corrected chi connectivity index (χ1v) is 9.18. The summed E-state index contributed by atoms with van der Waals surface area (Å²) in [5.41, 5.74) is 0. The minimum absolute atomic E-state index is 0.280. The zero-order valence-corrected chi connectivity index (χ0v) is 15.0. The Balaban J connectivity index is 1.45. The standard InChI is InChI=1S/C17H31N5O2/c1-14-18-15(2)22(19-14)11-16-4-3-5-21(10-16)13-17(23)12-20-6-8-24-9-7-20/h16-17,23H,3-13H2,1-2H3/t16-,17-/m1/s1. The lowest BCUT2D eigenvalue weighted by molar-refractivity contribution is 0.00290. The van der Waals surface area contributed by atoms with Crippen LogP contribution in [0.4, 0.5) is 0 Å². The molecule has 2 saturated heterocycles. The smallest absolute Gasteiger partial charge is 0.147 e. The summed E-state index contributed by atoms with van der Waals surface area (Å²) < 4.78 is 7.40. The fourth-order valence-electron chi connectivity index (χ4n) is 3.88. The van der Waals surface area contributed by atoms with Gasteiger partial charge in [-0.1, -0.05) is 0 Å². The molecule has 2 aliphatic rings. The van der Waals surface area contributed by atoms with Crippen LogP contribution in [0.1, 0.15) is 24.5 Å². The third-order valence-corrected chi connectivity index (χ3v) is 5.04. The monoisotopic (exact) mass is 337 g/mol. The van der Waals surface area contributed by atoms with Gasteiger partial charge in [0, 0.05) is 39.3 Å². The third kappa shape index (κ3) is 4.99. The Bertz CT molecular complexity index is 515. The molecule has 3 heterocycles. The number of ether oxygens (including phenoxy) is 1. The van der Waals surface area contributed by atoms with Gasteiger partial charge in [0.1, 0.15) is 11.6 Å². The topological polar surface area (TPSA) is 66.7 Å². The SMILES string of the molecule is Cc1nc(C)n(C[C@@H]2CCCN(C[C@H](O)CN3CCOCC3)C2)n1. The number of piperidine rings is 1. The van der Waals surface area contributed by atoms with Crippen LogP contribution in [0.15, 0.2) is 0 Å². The number of morpholine rings is 1. The molecule has 0 bridgehead atoms. The number of aliphatic hydroxyl groups is 1. The number of nitrogens with zero attached hydrogens (tertiary/aromatic N) is 5. The second-order valence-corrected chi connectivity index (χ2v) is 7.22. The molecule has 7 heteroatoms. The van der Waals surface area contributed by atoms with Crippen LogP contribution in [0.25, 0.3) is 0 Å². The van der Waals surface area contributed by atoms with Crippen molar-refractivity contribution in [1.29, 1.82) is 0 Å². The lowest BCUT2D eigenvalue weighted by Crippen LogP contribution is -2.47. The Morgan fingerprint density at radius 1 is 1.17 bits per heavy atom. The predicted octanol–water partition coefficient (Wildman–Crippen LogP) is 0.300. The van der Waals surface area contributed by atoms with E-state index in [-0.39, 0.29) is 6.10 Å². The van der Waals surface area contributed by atoms with E-state index in [1.54, 1.807) is 0 Å². The Morgan fingerprint density at radius 3 is 2.62 bits per heavy atom. The van der Waals surface area contributed by atoms with Crippen LogP contribution in [0.5, 0.6) is 0 Å². The van der Waals surface area contributed by atoms with Gasteiger partial charge in [-0.25, -0.2) is 9.67 Å². The molecule has 0 spiro atoms. The third-order valence-electron chi connectivity index (χ3n) is 5.04. The summed E-state index contributed by atoms with van der Waals surface area (Å²) >= 11 is 0. The van der Waals surface area contributed by atoms with Crippen molar-refractivity contribution in [3.05, 3.63) is 11.6 Å². The molecule has 0 radical (unpaired) electrons. The Labute approximate surface area is 144 Å². The Kier molecular flexibility index (Phi) is 6.21. The maximum absolute atomic E-state index is 10.4. The highest BCUT2D eigenvalue weighted by Gasteiger charge is 2.24. The van der Waals surface area contributed by atoms with Crippen molar-refractivity contribution in [3.8, 4) is 0 Å². The summed E-state index contributed by atoms with van der Waals surface area (Å²) in [7, 11) is 0. The average Bonchev–Trinajstić information content (AvgIpc) is 2.86. The second kappa shape index (κ2) is 8.38. The molecule has 0 saturated carbocycles. The van der Waals surface area contributed by atoms with E-state index in [0.717, 1.165) is 70.7 Å². The van der Waals surface area contributed by atoms with Gasteiger partial charge in [0.2, 0.25) is 0 Å². The van der Waals surface area contributed by atoms with Gasteiger partial charge in [-0.2, -0.15) is 5.10 Å². The van der Waals surface area contributed by atoms with Crippen LogP contribution in [0, 0.1) is 19.8 Å². The van der Waals surface area contributed by atoms with Crippen LogP contribution in [0.3, 0.4) is 0 Å². The highest BCUT2D eigenvalue weighted by atomic mass is 16.5. The van der Waals surface area contributed by atoms with Gasteiger partial charge in [0.05, 0.1) is 19.3 Å². The van der Waals surface area contributed by atoms with Crippen molar-refractivity contribution in [2.45, 2.75) is 39.3 Å².